The summed E-state index contributed by atoms with van der Waals surface area (Å²) in [6.45, 7) is 4.09. The lowest BCUT2D eigenvalue weighted by Crippen LogP contribution is -2.50. The van der Waals surface area contributed by atoms with Gasteiger partial charge in [-0.05, 0) is 31.5 Å². The number of para-hydroxylation sites is 1. The van der Waals surface area contributed by atoms with Gasteiger partial charge in [-0.2, -0.15) is 0 Å². The normalized spacial score (nSPS) is 18.2. The summed E-state index contributed by atoms with van der Waals surface area (Å²) in [6.07, 6.45) is 1.72. The summed E-state index contributed by atoms with van der Waals surface area (Å²) < 4.78 is 0. The van der Waals surface area contributed by atoms with Gasteiger partial charge in [-0.25, -0.2) is 5.01 Å². The highest BCUT2D eigenvalue weighted by Gasteiger charge is 2.34. The number of aryl methyl sites for hydroxylation is 1. The van der Waals surface area contributed by atoms with Gasteiger partial charge in [0, 0.05) is 16.7 Å². The Labute approximate surface area is 162 Å². The van der Waals surface area contributed by atoms with Gasteiger partial charge in [0.15, 0.2) is 11.3 Å². The molecule has 6 nitrogen and oxygen atoms in total. The van der Waals surface area contributed by atoms with E-state index in [-0.39, 0.29) is 5.91 Å². The number of nitrogens with zero attached hydrogens (tertiary/aromatic N) is 4. The van der Waals surface area contributed by atoms with E-state index < -0.39 is 6.17 Å². The number of hydrogen-bond donors (Lipinski definition) is 1. The fourth-order valence-corrected chi connectivity index (χ4v) is 4.04. The number of hydrogen-bond acceptors (Lipinski definition) is 6. The number of rotatable bonds is 4. The molecule has 7 heteroatoms. The van der Waals surface area contributed by atoms with Crippen LogP contribution in [0.2, 0.25) is 0 Å². The summed E-state index contributed by atoms with van der Waals surface area (Å²) in [5.74, 6) is 0.767. The second kappa shape index (κ2) is 7.52. The smallest absolute Gasteiger partial charge is 0.276 e. The molecule has 2 aliphatic heterocycles. The van der Waals surface area contributed by atoms with Crippen molar-refractivity contribution in [2.75, 3.05) is 5.75 Å². The van der Waals surface area contributed by atoms with Crippen LogP contribution in [0.4, 0.5) is 0 Å². The van der Waals surface area contributed by atoms with Gasteiger partial charge in [-0.3, -0.25) is 20.1 Å². The second-order valence-electron chi connectivity index (χ2n) is 6.48. The fourth-order valence-electron chi connectivity index (χ4n) is 3.11. The van der Waals surface area contributed by atoms with Crippen molar-refractivity contribution in [2.24, 2.45) is 10.1 Å². The molecular weight excluding hydrogens is 358 g/mol. The minimum Gasteiger partial charge on any atom is -0.298 e. The first-order chi connectivity index (χ1) is 13.2. The number of carbonyl (C=O) groups is 1. The summed E-state index contributed by atoms with van der Waals surface area (Å²) in [6, 6.07) is 13.5. The lowest BCUT2D eigenvalue weighted by molar-refractivity contribution is -0.116. The van der Waals surface area contributed by atoms with Crippen LogP contribution in [0.25, 0.3) is 5.70 Å². The molecule has 138 valence electrons. The summed E-state index contributed by atoms with van der Waals surface area (Å²) in [7, 11) is 0. The molecule has 27 heavy (non-hydrogen) atoms. The monoisotopic (exact) mass is 379 g/mol. The van der Waals surface area contributed by atoms with Crippen molar-refractivity contribution in [2.45, 2.75) is 32.9 Å². The van der Waals surface area contributed by atoms with E-state index in [9.17, 15) is 4.79 Å². The first-order valence-electron chi connectivity index (χ1n) is 9.10. The molecule has 3 heterocycles. The van der Waals surface area contributed by atoms with Crippen LogP contribution < -0.4 is 15.9 Å². The van der Waals surface area contributed by atoms with Crippen LogP contribution in [-0.4, -0.2) is 26.8 Å². The van der Waals surface area contributed by atoms with Crippen LogP contribution in [0, 0.1) is 6.92 Å². The van der Waals surface area contributed by atoms with Gasteiger partial charge in [-0.1, -0.05) is 49.4 Å². The lowest BCUT2D eigenvalue weighted by Gasteiger charge is -2.33. The topological polar surface area (TPSA) is 70.0 Å². The summed E-state index contributed by atoms with van der Waals surface area (Å²) in [5, 5.41) is 11.6. The second-order valence-corrected chi connectivity index (χ2v) is 7.56. The van der Waals surface area contributed by atoms with Crippen LogP contribution in [0.5, 0.6) is 0 Å². The van der Waals surface area contributed by atoms with Crippen molar-refractivity contribution >= 4 is 28.5 Å². The van der Waals surface area contributed by atoms with Crippen molar-refractivity contribution in [3.05, 3.63) is 64.4 Å². The zero-order valence-corrected chi connectivity index (χ0v) is 16.2. The molecule has 0 saturated heterocycles. The number of amidine groups is 1. The highest BCUT2D eigenvalue weighted by molar-refractivity contribution is 8.13. The van der Waals surface area contributed by atoms with Crippen molar-refractivity contribution in [1.82, 2.24) is 15.3 Å². The lowest BCUT2D eigenvalue weighted by atomic mass is 10.1. The van der Waals surface area contributed by atoms with E-state index in [1.807, 2.05) is 49.4 Å². The Bertz CT molecular complexity index is 1030. The zero-order valence-electron chi connectivity index (χ0n) is 15.3. The largest absolute Gasteiger partial charge is 0.298 e. The number of amides is 1. The van der Waals surface area contributed by atoms with Crippen molar-refractivity contribution in [1.29, 1.82) is 0 Å². The van der Waals surface area contributed by atoms with Crippen LogP contribution in [0.1, 0.15) is 37.3 Å². The number of unbranched alkanes of at least 4 members (excludes halogenated alkanes) is 1. The number of carbonyl (C=O) groups excluding carboxylic acids is 1. The van der Waals surface area contributed by atoms with E-state index in [2.05, 4.69) is 17.2 Å². The van der Waals surface area contributed by atoms with Crippen molar-refractivity contribution in [3.63, 3.8) is 0 Å². The van der Waals surface area contributed by atoms with E-state index in [0.29, 0.717) is 10.9 Å². The number of thioether (sulfide) groups is 1. The zero-order chi connectivity index (χ0) is 18.8. The fraction of sp³-hybridized carbons (Fsp3) is 0.300. The third-order valence-electron chi connectivity index (χ3n) is 4.43. The number of fused-ring (bicyclic) bond motifs is 2. The van der Waals surface area contributed by atoms with E-state index in [1.54, 1.807) is 16.8 Å². The van der Waals surface area contributed by atoms with Crippen LogP contribution in [-0.2, 0) is 4.79 Å². The van der Waals surface area contributed by atoms with Gasteiger partial charge in [0.25, 0.3) is 5.91 Å². The molecule has 1 unspecified atom stereocenters. The summed E-state index contributed by atoms with van der Waals surface area (Å²) >= 11 is 1.56. The first-order valence-corrected chi connectivity index (χ1v) is 10.1. The van der Waals surface area contributed by atoms with Crippen molar-refractivity contribution < 1.29 is 4.79 Å². The number of pyridine rings is 1. The predicted molar refractivity (Wildman–Crippen MR) is 107 cm³/mol. The molecule has 1 atom stereocenters. The summed E-state index contributed by atoms with van der Waals surface area (Å²) in [5.41, 5.74) is 2.21. The quantitative estimate of drug-likeness (QED) is 0.826. The van der Waals surface area contributed by atoms with Gasteiger partial charge in [0.1, 0.15) is 5.70 Å². The SMILES string of the molecule is CCCCSC1=NN2C(=c3ccccc3=NC2c2cccc(C)n2)C(=O)N1. The maximum atomic E-state index is 12.9. The first kappa shape index (κ1) is 17.7. The molecule has 1 aromatic carbocycles. The molecular formula is C20H21N5OS. The third kappa shape index (κ3) is 3.47. The van der Waals surface area contributed by atoms with Gasteiger partial charge < -0.3 is 0 Å². The Morgan fingerprint density at radius 1 is 1.19 bits per heavy atom. The van der Waals surface area contributed by atoms with Gasteiger partial charge in [0.2, 0.25) is 0 Å². The average Bonchev–Trinajstić information content (AvgIpc) is 2.67. The molecule has 1 aromatic heterocycles. The van der Waals surface area contributed by atoms with Crippen molar-refractivity contribution in [3.8, 4) is 0 Å². The van der Waals surface area contributed by atoms with E-state index in [0.717, 1.165) is 40.6 Å². The molecule has 0 fully saturated rings. The average molecular weight is 379 g/mol. The van der Waals surface area contributed by atoms with Gasteiger partial charge >= 0.3 is 0 Å². The highest BCUT2D eigenvalue weighted by Crippen LogP contribution is 2.29. The Balaban J connectivity index is 1.84. The molecule has 1 N–H and O–H groups in total. The number of benzene rings is 1. The molecule has 0 spiro atoms. The Hall–Kier alpha value is -2.67. The minimum atomic E-state index is -0.456. The van der Waals surface area contributed by atoms with Crippen LogP contribution in [0.15, 0.2) is 52.6 Å². The number of hydrazone groups is 1. The summed E-state index contributed by atoms with van der Waals surface area (Å²) in [4.78, 5) is 22.4. The minimum absolute atomic E-state index is 0.149. The maximum absolute atomic E-state index is 12.9. The Kier molecular flexibility index (Phi) is 4.94. The van der Waals surface area contributed by atoms with E-state index in [1.165, 1.54) is 0 Å². The van der Waals surface area contributed by atoms with Gasteiger partial charge in [-0.15, -0.1) is 5.10 Å². The van der Waals surface area contributed by atoms with Gasteiger partial charge in [0.05, 0.1) is 11.1 Å². The highest BCUT2D eigenvalue weighted by atomic mass is 32.2. The molecule has 0 radical (unpaired) electrons. The molecule has 0 saturated carbocycles. The third-order valence-corrected chi connectivity index (χ3v) is 5.38. The number of aromatic nitrogens is 1. The molecule has 1 amide bonds. The van der Waals surface area contributed by atoms with E-state index >= 15 is 0 Å². The molecule has 0 aliphatic carbocycles. The predicted octanol–water partition coefficient (Wildman–Crippen LogP) is 2.07. The molecule has 0 bridgehead atoms. The Morgan fingerprint density at radius 3 is 2.85 bits per heavy atom. The molecule has 2 aliphatic rings. The number of nitrogens with one attached hydrogen (secondary N) is 1. The van der Waals surface area contributed by atoms with Crippen LogP contribution >= 0.6 is 11.8 Å². The molecule has 4 rings (SSSR count). The molecule has 2 aromatic rings. The van der Waals surface area contributed by atoms with E-state index in [4.69, 9.17) is 10.1 Å². The van der Waals surface area contributed by atoms with Crippen LogP contribution in [0.3, 0.4) is 0 Å². The Morgan fingerprint density at radius 2 is 2.04 bits per heavy atom. The maximum Gasteiger partial charge on any atom is 0.276 e. The standard InChI is InChI=1S/C20H21N5OS/c1-3-4-12-27-20-23-19(26)17-14-9-5-6-10-15(14)22-18(25(17)24-20)16-11-7-8-13(2)21-16/h5-11,18H,3-4,12H2,1-2H3,(H,23,24,26).